The van der Waals surface area contributed by atoms with Crippen LogP contribution in [0.5, 0.6) is 0 Å². The molecule has 2 heterocycles. The molecule has 0 aliphatic carbocycles. The average Bonchev–Trinajstić information content (AvgIpc) is 2.86. The first kappa shape index (κ1) is 15.2. The van der Waals surface area contributed by atoms with Crippen LogP contribution in [0.25, 0.3) is 5.70 Å². The molecule has 0 radical (unpaired) electrons. The largest absolute Gasteiger partial charge is 0.372 e. The Kier molecular flexibility index (Phi) is 4.53. The molecule has 0 amide bonds. The van der Waals surface area contributed by atoms with Gasteiger partial charge in [-0.3, -0.25) is 0 Å². The number of aryl methyl sites for hydroxylation is 1. The summed E-state index contributed by atoms with van der Waals surface area (Å²) in [6.45, 7) is 8.85. The normalized spacial score (nSPS) is 15.7. The van der Waals surface area contributed by atoms with Crippen molar-refractivity contribution >= 4 is 27.7 Å². The molecule has 0 spiro atoms. The number of allylic oxidation sites excluding steroid dienone is 1. The minimum absolute atomic E-state index is 0.979. The lowest BCUT2D eigenvalue weighted by molar-refractivity contribution is 0.417. The van der Waals surface area contributed by atoms with Gasteiger partial charge in [-0.25, -0.2) is 0 Å². The van der Waals surface area contributed by atoms with Crippen molar-refractivity contribution in [2.24, 2.45) is 0 Å². The fourth-order valence-electron chi connectivity index (χ4n) is 3.07. The van der Waals surface area contributed by atoms with Crippen molar-refractivity contribution in [3.63, 3.8) is 0 Å². The lowest BCUT2D eigenvalue weighted by Gasteiger charge is -2.28. The summed E-state index contributed by atoms with van der Waals surface area (Å²) < 4.78 is 0. The second-order valence-electron chi connectivity index (χ2n) is 5.76. The molecule has 1 aromatic heterocycles. The zero-order valence-corrected chi connectivity index (χ0v) is 14.5. The maximum Gasteiger partial charge on any atom is 0.102 e. The van der Waals surface area contributed by atoms with Crippen LogP contribution < -0.4 is 5.32 Å². The molecule has 1 N–H and O–H groups in total. The lowest BCUT2D eigenvalue weighted by atomic mass is 10.0. The summed E-state index contributed by atoms with van der Waals surface area (Å²) in [5.41, 5.74) is 5.33. The number of benzene rings is 1. The molecule has 22 heavy (non-hydrogen) atoms. The zero-order valence-electron chi connectivity index (χ0n) is 13.6. The molecule has 3 rings (SSSR count). The minimum atomic E-state index is 0.979. The van der Waals surface area contributed by atoms with Crippen molar-refractivity contribution in [2.45, 2.75) is 33.6 Å². The molecule has 2 aromatic rings. The summed E-state index contributed by atoms with van der Waals surface area (Å²) in [5, 5.41) is 4.93. The summed E-state index contributed by atoms with van der Waals surface area (Å²) >= 11 is 1.85. The van der Waals surface area contributed by atoms with Crippen molar-refractivity contribution in [1.29, 1.82) is 0 Å². The molecule has 3 heteroatoms. The van der Waals surface area contributed by atoms with E-state index in [0.29, 0.717) is 0 Å². The maximum absolute atomic E-state index is 3.67. The molecule has 0 unspecified atom stereocenters. The van der Waals surface area contributed by atoms with Crippen LogP contribution in [0.15, 0.2) is 36.4 Å². The quantitative estimate of drug-likeness (QED) is 0.810. The van der Waals surface area contributed by atoms with Crippen LogP contribution in [0.4, 0.5) is 10.7 Å². The van der Waals surface area contributed by atoms with Crippen molar-refractivity contribution in [3.05, 3.63) is 52.4 Å². The molecule has 2 nitrogen and oxygen atoms in total. The van der Waals surface area contributed by atoms with Gasteiger partial charge in [-0.1, -0.05) is 31.2 Å². The third-order valence-electron chi connectivity index (χ3n) is 4.13. The highest BCUT2D eigenvalue weighted by atomic mass is 32.1. The standard InChI is InChI=1S/C19H24N2S/c1-4-12-21(5-2)18-11-10-15-8-6-7-9-17(15)20-19-16(18)13-14(3)22-19/h6-9,11,13,20H,4-5,10,12H2,1-3H3/b18-11+. The molecular formula is C19H24N2S. The van der Waals surface area contributed by atoms with Gasteiger partial charge in [0.1, 0.15) is 5.00 Å². The molecule has 0 atom stereocenters. The molecule has 1 aliphatic heterocycles. The second kappa shape index (κ2) is 6.57. The molecular weight excluding hydrogens is 288 g/mol. The van der Waals surface area contributed by atoms with Gasteiger partial charge in [-0.2, -0.15) is 0 Å². The van der Waals surface area contributed by atoms with Crippen molar-refractivity contribution in [2.75, 3.05) is 18.4 Å². The average molecular weight is 312 g/mol. The van der Waals surface area contributed by atoms with E-state index in [1.807, 2.05) is 11.3 Å². The van der Waals surface area contributed by atoms with Gasteiger partial charge in [0.25, 0.3) is 0 Å². The number of hydrogen-bond donors (Lipinski definition) is 1. The van der Waals surface area contributed by atoms with Gasteiger partial charge in [-0.15, -0.1) is 11.3 Å². The van der Waals surface area contributed by atoms with E-state index in [0.717, 1.165) is 19.5 Å². The summed E-state index contributed by atoms with van der Waals surface area (Å²) in [6.07, 6.45) is 4.56. The van der Waals surface area contributed by atoms with Gasteiger partial charge in [-0.05, 0) is 44.4 Å². The van der Waals surface area contributed by atoms with Crippen LogP contribution in [-0.2, 0) is 6.42 Å². The Balaban J connectivity index is 2.09. The van der Waals surface area contributed by atoms with Crippen LogP contribution in [0.3, 0.4) is 0 Å². The highest BCUT2D eigenvalue weighted by Crippen LogP contribution is 2.39. The Labute approximate surface area is 137 Å². The maximum atomic E-state index is 3.67. The van der Waals surface area contributed by atoms with Crippen LogP contribution in [0.1, 0.15) is 36.3 Å². The Morgan fingerprint density at radius 1 is 1.23 bits per heavy atom. The number of fused-ring (bicyclic) bond motifs is 2. The Morgan fingerprint density at radius 2 is 2.05 bits per heavy atom. The zero-order chi connectivity index (χ0) is 15.5. The number of nitrogens with one attached hydrogen (secondary N) is 1. The Hall–Kier alpha value is -1.74. The first-order valence-corrected chi connectivity index (χ1v) is 8.95. The van der Waals surface area contributed by atoms with E-state index in [-0.39, 0.29) is 0 Å². The molecule has 1 aliphatic rings. The van der Waals surface area contributed by atoms with Gasteiger partial charge in [0.2, 0.25) is 0 Å². The molecule has 1 aromatic carbocycles. The summed E-state index contributed by atoms with van der Waals surface area (Å²) in [4.78, 5) is 3.86. The van der Waals surface area contributed by atoms with Gasteiger partial charge in [0.15, 0.2) is 0 Å². The summed E-state index contributed by atoms with van der Waals surface area (Å²) in [7, 11) is 0. The number of hydrogen-bond acceptors (Lipinski definition) is 3. The molecule has 0 bridgehead atoms. The number of anilines is 2. The van der Waals surface area contributed by atoms with Gasteiger partial charge in [0, 0.05) is 34.9 Å². The van der Waals surface area contributed by atoms with E-state index in [1.165, 1.54) is 38.8 Å². The highest BCUT2D eigenvalue weighted by molar-refractivity contribution is 7.16. The summed E-state index contributed by atoms with van der Waals surface area (Å²) in [5.74, 6) is 0. The fraction of sp³-hybridized carbons (Fsp3) is 0.368. The summed E-state index contributed by atoms with van der Waals surface area (Å²) in [6, 6.07) is 11.0. The topological polar surface area (TPSA) is 15.3 Å². The van der Waals surface area contributed by atoms with Crippen LogP contribution in [-0.4, -0.2) is 18.0 Å². The SMILES string of the molecule is CCCN(CC)/C1=C/Cc2ccccc2Nc2sc(C)cc21. The third kappa shape index (κ3) is 2.91. The smallest absolute Gasteiger partial charge is 0.102 e. The van der Waals surface area contributed by atoms with Crippen molar-refractivity contribution in [3.8, 4) is 0 Å². The number of para-hydroxylation sites is 1. The number of rotatable bonds is 4. The molecule has 0 fully saturated rings. The van der Waals surface area contributed by atoms with E-state index in [9.17, 15) is 0 Å². The predicted octanol–water partition coefficient (Wildman–Crippen LogP) is 5.43. The first-order valence-electron chi connectivity index (χ1n) is 8.13. The number of thiophene rings is 1. The monoisotopic (exact) mass is 312 g/mol. The van der Waals surface area contributed by atoms with Crippen molar-refractivity contribution < 1.29 is 0 Å². The van der Waals surface area contributed by atoms with E-state index in [4.69, 9.17) is 0 Å². The predicted molar refractivity (Wildman–Crippen MR) is 98.0 cm³/mol. The molecule has 0 saturated carbocycles. The van der Waals surface area contributed by atoms with E-state index in [1.54, 1.807) is 0 Å². The van der Waals surface area contributed by atoms with Crippen molar-refractivity contribution in [1.82, 2.24) is 4.90 Å². The third-order valence-corrected chi connectivity index (χ3v) is 5.09. The van der Waals surface area contributed by atoms with Gasteiger partial charge >= 0.3 is 0 Å². The Morgan fingerprint density at radius 3 is 2.82 bits per heavy atom. The Bertz CT molecular complexity index is 684. The molecule has 0 saturated heterocycles. The first-order chi connectivity index (χ1) is 10.7. The molecule has 116 valence electrons. The number of nitrogens with zero attached hydrogens (tertiary/aromatic N) is 1. The highest BCUT2D eigenvalue weighted by Gasteiger charge is 2.19. The van der Waals surface area contributed by atoms with Gasteiger partial charge in [0.05, 0.1) is 0 Å². The van der Waals surface area contributed by atoms with Crippen LogP contribution >= 0.6 is 11.3 Å². The van der Waals surface area contributed by atoms with E-state index in [2.05, 4.69) is 67.4 Å². The van der Waals surface area contributed by atoms with E-state index >= 15 is 0 Å². The van der Waals surface area contributed by atoms with Crippen LogP contribution in [0, 0.1) is 6.92 Å². The van der Waals surface area contributed by atoms with E-state index < -0.39 is 0 Å². The fourth-order valence-corrected chi connectivity index (χ4v) is 4.01. The van der Waals surface area contributed by atoms with Crippen LogP contribution in [0.2, 0.25) is 0 Å². The second-order valence-corrected chi connectivity index (χ2v) is 7.01. The minimum Gasteiger partial charge on any atom is -0.372 e. The van der Waals surface area contributed by atoms with Gasteiger partial charge < -0.3 is 10.2 Å². The lowest BCUT2D eigenvalue weighted by Crippen LogP contribution is -2.23.